The molecule has 3 N–H and O–H groups in total. The van der Waals surface area contributed by atoms with Gasteiger partial charge in [-0.15, -0.1) is 0 Å². The summed E-state index contributed by atoms with van der Waals surface area (Å²) >= 11 is 0. The summed E-state index contributed by atoms with van der Waals surface area (Å²) in [7, 11) is 0. The molecule has 1 aliphatic rings. The van der Waals surface area contributed by atoms with Gasteiger partial charge in [-0.05, 0) is 50.5 Å². The van der Waals surface area contributed by atoms with Crippen LogP contribution in [0.1, 0.15) is 36.5 Å². The summed E-state index contributed by atoms with van der Waals surface area (Å²) in [6, 6.07) is 6.17. The van der Waals surface area contributed by atoms with E-state index in [2.05, 4.69) is 5.32 Å². The standard InChI is InChI=1S/C17H20N2O4/c1-11(23-17(22)13-5-3-2-4-6-13)16(21)19-14-9-7-12(8-10-14)15(18)20/h2-3,7-11,13H,4-6H2,1H3,(H2,18,20)(H,19,21)/t11-,13+/m1/s1. The van der Waals surface area contributed by atoms with Gasteiger partial charge < -0.3 is 15.8 Å². The van der Waals surface area contributed by atoms with Crippen molar-refractivity contribution in [2.24, 2.45) is 11.7 Å². The van der Waals surface area contributed by atoms with Gasteiger partial charge in [0, 0.05) is 11.3 Å². The highest BCUT2D eigenvalue weighted by atomic mass is 16.5. The van der Waals surface area contributed by atoms with Gasteiger partial charge in [-0.25, -0.2) is 0 Å². The fourth-order valence-corrected chi connectivity index (χ4v) is 2.29. The highest BCUT2D eigenvalue weighted by molar-refractivity contribution is 5.96. The maximum Gasteiger partial charge on any atom is 0.310 e. The molecule has 122 valence electrons. The zero-order valence-corrected chi connectivity index (χ0v) is 13.0. The van der Waals surface area contributed by atoms with Crippen molar-refractivity contribution >= 4 is 23.5 Å². The number of rotatable bonds is 5. The van der Waals surface area contributed by atoms with Gasteiger partial charge in [0.1, 0.15) is 0 Å². The van der Waals surface area contributed by atoms with Gasteiger partial charge in [-0.3, -0.25) is 14.4 Å². The van der Waals surface area contributed by atoms with Crippen LogP contribution < -0.4 is 11.1 Å². The van der Waals surface area contributed by atoms with E-state index in [4.69, 9.17) is 10.5 Å². The lowest BCUT2D eigenvalue weighted by Crippen LogP contribution is -2.32. The van der Waals surface area contributed by atoms with E-state index in [-0.39, 0.29) is 11.9 Å². The van der Waals surface area contributed by atoms with Crippen LogP contribution in [0.4, 0.5) is 5.69 Å². The first-order valence-corrected chi connectivity index (χ1v) is 7.53. The molecule has 6 heteroatoms. The van der Waals surface area contributed by atoms with Crippen molar-refractivity contribution in [3.05, 3.63) is 42.0 Å². The summed E-state index contributed by atoms with van der Waals surface area (Å²) in [5.74, 6) is -1.48. The first kappa shape index (κ1) is 16.7. The van der Waals surface area contributed by atoms with E-state index in [9.17, 15) is 14.4 Å². The smallest absolute Gasteiger partial charge is 0.310 e. The SMILES string of the molecule is C[C@@H](OC(=O)[C@H]1CC=CCC1)C(=O)Nc1ccc(C(N)=O)cc1. The predicted octanol–water partition coefficient (Wildman–Crippen LogP) is 2.01. The quantitative estimate of drug-likeness (QED) is 0.641. The molecule has 2 atom stereocenters. The van der Waals surface area contributed by atoms with Crippen molar-refractivity contribution in [3.63, 3.8) is 0 Å². The van der Waals surface area contributed by atoms with Gasteiger partial charge in [0.2, 0.25) is 5.91 Å². The Morgan fingerprint density at radius 3 is 2.48 bits per heavy atom. The minimum absolute atomic E-state index is 0.176. The highest BCUT2D eigenvalue weighted by Crippen LogP contribution is 2.20. The molecule has 0 radical (unpaired) electrons. The second-order valence-corrected chi connectivity index (χ2v) is 5.49. The van der Waals surface area contributed by atoms with Gasteiger partial charge in [0.15, 0.2) is 6.10 Å². The number of anilines is 1. The first-order chi connectivity index (χ1) is 11.0. The summed E-state index contributed by atoms with van der Waals surface area (Å²) < 4.78 is 5.23. The molecule has 0 saturated carbocycles. The fraction of sp³-hybridized carbons (Fsp3) is 0.353. The number of primary amides is 1. The van der Waals surface area contributed by atoms with Gasteiger partial charge in [-0.1, -0.05) is 12.2 Å². The Morgan fingerprint density at radius 1 is 1.22 bits per heavy atom. The number of carbonyl (C=O) groups excluding carboxylic acids is 3. The average Bonchev–Trinajstić information content (AvgIpc) is 2.56. The van der Waals surface area contributed by atoms with E-state index in [0.29, 0.717) is 17.7 Å². The molecule has 0 aromatic heterocycles. The Balaban J connectivity index is 1.88. The molecule has 1 aromatic carbocycles. The number of amides is 2. The Bertz CT molecular complexity index is 622. The molecule has 0 unspecified atom stereocenters. The lowest BCUT2D eigenvalue weighted by Gasteiger charge is -2.19. The van der Waals surface area contributed by atoms with Crippen molar-refractivity contribution in [1.29, 1.82) is 0 Å². The number of esters is 1. The van der Waals surface area contributed by atoms with E-state index in [1.54, 1.807) is 12.1 Å². The van der Waals surface area contributed by atoms with E-state index in [1.165, 1.54) is 19.1 Å². The molecule has 2 rings (SSSR count). The topological polar surface area (TPSA) is 98.5 Å². The van der Waals surface area contributed by atoms with Crippen molar-refractivity contribution < 1.29 is 19.1 Å². The summed E-state index contributed by atoms with van der Waals surface area (Å²) in [5.41, 5.74) is 6.01. The van der Waals surface area contributed by atoms with Gasteiger partial charge >= 0.3 is 5.97 Å². The molecule has 2 amide bonds. The number of nitrogens with one attached hydrogen (secondary N) is 1. The number of nitrogens with two attached hydrogens (primary N) is 1. The second kappa shape index (κ2) is 7.58. The maximum atomic E-state index is 12.1. The van der Waals surface area contributed by atoms with E-state index >= 15 is 0 Å². The van der Waals surface area contributed by atoms with Crippen molar-refractivity contribution in [2.75, 3.05) is 5.32 Å². The Kier molecular flexibility index (Phi) is 5.51. The van der Waals surface area contributed by atoms with Crippen LogP contribution in [0.25, 0.3) is 0 Å². The largest absolute Gasteiger partial charge is 0.452 e. The van der Waals surface area contributed by atoms with Gasteiger partial charge in [0.25, 0.3) is 5.91 Å². The van der Waals surface area contributed by atoms with Crippen LogP contribution in [0, 0.1) is 5.92 Å². The van der Waals surface area contributed by atoms with Crippen LogP contribution in [0.5, 0.6) is 0 Å². The number of ether oxygens (including phenoxy) is 1. The zero-order valence-electron chi connectivity index (χ0n) is 13.0. The number of carbonyl (C=O) groups is 3. The number of hydrogen-bond acceptors (Lipinski definition) is 4. The third-order valence-corrected chi connectivity index (χ3v) is 3.70. The lowest BCUT2D eigenvalue weighted by atomic mass is 9.95. The monoisotopic (exact) mass is 316 g/mol. The highest BCUT2D eigenvalue weighted by Gasteiger charge is 2.25. The van der Waals surface area contributed by atoms with Crippen molar-refractivity contribution in [1.82, 2.24) is 0 Å². The van der Waals surface area contributed by atoms with Crippen LogP contribution in [-0.4, -0.2) is 23.9 Å². The summed E-state index contributed by atoms with van der Waals surface area (Å²) in [6.45, 7) is 1.53. The third-order valence-electron chi connectivity index (χ3n) is 3.70. The molecule has 0 fully saturated rings. The minimum atomic E-state index is -0.885. The normalized spacial score (nSPS) is 18.0. The van der Waals surface area contributed by atoms with E-state index in [1.807, 2.05) is 12.2 Å². The number of allylic oxidation sites excluding steroid dienone is 2. The molecule has 0 saturated heterocycles. The van der Waals surface area contributed by atoms with Crippen LogP contribution in [0.2, 0.25) is 0 Å². The first-order valence-electron chi connectivity index (χ1n) is 7.53. The molecule has 0 spiro atoms. The van der Waals surface area contributed by atoms with Gasteiger partial charge in [-0.2, -0.15) is 0 Å². The van der Waals surface area contributed by atoms with Crippen molar-refractivity contribution in [2.45, 2.75) is 32.3 Å². The summed E-state index contributed by atoms with van der Waals surface area (Å²) in [4.78, 5) is 35.0. The Morgan fingerprint density at radius 2 is 1.91 bits per heavy atom. The molecule has 0 bridgehead atoms. The molecule has 0 aliphatic heterocycles. The molecular formula is C17H20N2O4. The molecule has 6 nitrogen and oxygen atoms in total. The summed E-state index contributed by atoms with van der Waals surface area (Å²) in [5, 5.41) is 2.63. The summed E-state index contributed by atoms with van der Waals surface area (Å²) in [6.07, 6.45) is 5.37. The fourth-order valence-electron chi connectivity index (χ4n) is 2.29. The number of benzene rings is 1. The minimum Gasteiger partial charge on any atom is -0.452 e. The lowest BCUT2D eigenvalue weighted by molar-refractivity contribution is -0.157. The Hall–Kier alpha value is -2.63. The molecule has 23 heavy (non-hydrogen) atoms. The van der Waals surface area contributed by atoms with Crippen molar-refractivity contribution in [3.8, 4) is 0 Å². The van der Waals surface area contributed by atoms with E-state index < -0.39 is 17.9 Å². The average molecular weight is 316 g/mol. The molecule has 1 aliphatic carbocycles. The number of hydrogen-bond donors (Lipinski definition) is 2. The second-order valence-electron chi connectivity index (χ2n) is 5.49. The Labute approximate surface area is 134 Å². The van der Waals surface area contributed by atoms with Crippen LogP contribution >= 0.6 is 0 Å². The predicted molar refractivity (Wildman–Crippen MR) is 85.6 cm³/mol. The van der Waals surface area contributed by atoms with Crippen LogP contribution in [-0.2, 0) is 14.3 Å². The molecule has 0 heterocycles. The zero-order chi connectivity index (χ0) is 16.8. The van der Waals surface area contributed by atoms with E-state index in [0.717, 1.165) is 12.8 Å². The van der Waals surface area contributed by atoms with Gasteiger partial charge in [0.05, 0.1) is 5.92 Å². The molecular weight excluding hydrogens is 296 g/mol. The van der Waals surface area contributed by atoms with Crippen LogP contribution in [0.3, 0.4) is 0 Å². The van der Waals surface area contributed by atoms with Crippen LogP contribution in [0.15, 0.2) is 36.4 Å². The third kappa shape index (κ3) is 4.67. The maximum absolute atomic E-state index is 12.1. The molecule has 1 aromatic rings.